The van der Waals surface area contributed by atoms with Gasteiger partial charge in [0.1, 0.15) is 5.82 Å². The van der Waals surface area contributed by atoms with E-state index in [-0.39, 0.29) is 23.5 Å². The molecule has 3 rings (SSSR count). The highest BCUT2D eigenvalue weighted by molar-refractivity contribution is 5.94. The van der Waals surface area contributed by atoms with Crippen LogP contribution in [0.25, 0.3) is 0 Å². The highest BCUT2D eigenvalue weighted by Gasteiger charge is 2.25. The van der Waals surface area contributed by atoms with Crippen molar-refractivity contribution in [1.82, 2.24) is 9.80 Å². The van der Waals surface area contributed by atoms with E-state index in [1.54, 1.807) is 24.3 Å². The second-order valence-electron chi connectivity index (χ2n) is 6.91. The summed E-state index contributed by atoms with van der Waals surface area (Å²) in [6, 6.07) is 12.1. The van der Waals surface area contributed by atoms with Crippen LogP contribution in [-0.2, 0) is 11.3 Å². The zero-order chi connectivity index (χ0) is 20.1. The molecule has 0 radical (unpaired) electrons. The maximum atomic E-state index is 13.3. The van der Waals surface area contributed by atoms with Crippen LogP contribution >= 0.6 is 0 Å². The SMILES string of the molecule is CC(C(=O)Nc1cccc(F)c1)N1CCN(Cc2ccc([N+](=O)[O-])cc2)CC1. The number of hydrogen-bond donors (Lipinski definition) is 1. The molecule has 28 heavy (non-hydrogen) atoms. The van der Waals surface area contributed by atoms with Gasteiger partial charge in [0.05, 0.1) is 11.0 Å². The number of nitro benzene ring substituents is 1. The number of amides is 1. The number of halogens is 1. The minimum absolute atomic E-state index is 0.0895. The third-order valence-electron chi connectivity index (χ3n) is 4.98. The Balaban J connectivity index is 1.48. The summed E-state index contributed by atoms with van der Waals surface area (Å²) >= 11 is 0. The van der Waals surface area contributed by atoms with Crippen LogP contribution in [0.5, 0.6) is 0 Å². The summed E-state index contributed by atoms with van der Waals surface area (Å²) in [5.41, 5.74) is 1.57. The molecule has 2 aromatic rings. The molecule has 0 aliphatic carbocycles. The van der Waals surface area contributed by atoms with Gasteiger partial charge in [-0.3, -0.25) is 24.7 Å². The van der Waals surface area contributed by atoms with Crippen molar-refractivity contribution in [2.24, 2.45) is 0 Å². The van der Waals surface area contributed by atoms with Gasteiger partial charge in [-0.25, -0.2) is 4.39 Å². The number of hydrogen-bond acceptors (Lipinski definition) is 5. The predicted molar refractivity (Wildman–Crippen MR) is 104 cm³/mol. The first-order valence-corrected chi connectivity index (χ1v) is 9.18. The Morgan fingerprint density at radius 3 is 2.46 bits per heavy atom. The fraction of sp³-hybridized carbons (Fsp3) is 0.350. The zero-order valence-electron chi connectivity index (χ0n) is 15.7. The molecule has 1 saturated heterocycles. The molecule has 1 unspecified atom stereocenters. The number of rotatable bonds is 6. The second kappa shape index (κ2) is 8.90. The number of nitro groups is 1. The van der Waals surface area contributed by atoms with Crippen molar-refractivity contribution >= 4 is 17.3 Å². The minimum Gasteiger partial charge on any atom is -0.325 e. The molecule has 0 bridgehead atoms. The monoisotopic (exact) mass is 386 g/mol. The minimum atomic E-state index is -0.404. The molecular formula is C20H23FN4O3. The van der Waals surface area contributed by atoms with E-state index in [1.807, 2.05) is 6.92 Å². The fourth-order valence-electron chi connectivity index (χ4n) is 3.27. The molecule has 1 aliphatic rings. The van der Waals surface area contributed by atoms with E-state index in [2.05, 4.69) is 15.1 Å². The lowest BCUT2D eigenvalue weighted by molar-refractivity contribution is -0.384. The molecule has 7 nitrogen and oxygen atoms in total. The van der Waals surface area contributed by atoms with E-state index in [0.29, 0.717) is 5.69 Å². The summed E-state index contributed by atoms with van der Waals surface area (Å²) in [7, 11) is 0. The van der Waals surface area contributed by atoms with E-state index in [1.165, 1.54) is 24.3 Å². The Labute approximate surface area is 162 Å². The molecule has 0 aromatic heterocycles. The Bertz CT molecular complexity index is 836. The smallest absolute Gasteiger partial charge is 0.269 e. The summed E-state index contributed by atoms with van der Waals surface area (Å²) < 4.78 is 13.3. The highest BCUT2D eigenvalue weighted by Crippen LogP contribution is 2.16. The number of nitrogens with zero attached hydrogens (tertiary/aromatic N) is 3. The summed E-state index contributed by atoms with van der Waals surface area (Å²) in [5.74, 6) is -0.542. The van der Waals surface area contributed by atoms with Crippen molar-refractivity contribution in [1.29, 1.82) is 0 Å². The van der Waals surface area contributed by atoms with Gasteiger partial charge in [-0.1, -0.05) is 18.2 Å². The van der Waals surface area contributed by atoms with Crippen LogP contribution in [0.2, 0.25) is 0 Å². The van der Waals surface area contributed by atoms with Gasteiger partial charge in [-0.15, -0.1) is 0 Å². The molecule has 1 atom stereocenters. The first kappa shape index (κ1) is 19.9. The summed E-state index contributed by atoms with van der Waals surface area (Å²) in [4.78, 5) is 27.1. The van der Waals surface area contributed by atoms with Crippen molar-refractivity contribution in [3.8, 4) is 0 Å². The number of piperazine rings is 1. The maximum Gasteiger partial charge on any atom is 0.269 e. The van der Waals surface area contributed by atoms with Crippen LogP contribution in [0.3, 0.4) is 0 Å². The van der Waals surface area contributed by atoms with Crippen molar-refractivity contribution in [2.75, 3.05) is 31.5 Å². The number of carbonyl (C=O) groups excluding carboxylic acids is 1. The van der Waals surface area contributed by atoms with Crippen molar-refractivity contribution in [3.63, 3.8) is 0 Å². The molecule has 1 aliphatic heterocycles. The molecule has 0 saturated carbocycles. The highest BCUT2D eigenvalue weighted by atomic mass is 19.1. The molecule has 1 heterocycles. The molecule has 8 heteroatoms. The van der Waals surface area contributed by atoms with E-state index < -0.39 is 4.92 Å². The van der Waals surface area contributed by atoms with E-state index >= 15 is 0 Å². The van der Waals surface area contributed by atoms with Gasteiger partial charge in [0.2, 0.25) is 5.91 Å². The molecule has 148 valence electrons. The zero-order valence-corrected chi connectivity index (χ0v) is 15.7. The Hall–Kier alpha value is -2.84. The number of nitrogens with one attached hydrogen (secondary N) is 1. The summed E-state index contributed by atoms with van der Waals surface area (Å²) in [6.45, 7) is 5.65. The van der Waals surface area contributed by atoms with Gasteiger partial charge in [0.15, 0.2) is 0 Å². The van der Waals surface area contributed by atoms with Crippen molar-refractivity contribution in [3.05, 3.63) is 70.0 Å². The molecular weight excluding hydrogens is 363 g/mol. The fourth-order valence-corrected chi connectivity index (χ4v) is 3.27. The van der Waals surface area contributed by atoms with Crippen LogP contribution in [0.15, 0.2) is 48.5 Å². The molecule has 1 N–H and O–H groups in total. The summed E-state index contributed by atoms with van der Waals surface area (Å²) in [6.07, 6.45) is 0. The third kappa shape index (κ3) is 5.11. The maximum absolute atomic E-state index is 13.3. The van der Waals surface area contributed by atoms with Crippen LogP contribution in [0.1, 0.15) is 12.5 Å². The number of non-ortho nitro benzene ring substituents is 1. The Morgan fingerprint density at radius 2 is 1.86 bits per heavy atom. The average Bonchev–Trinajstić information content (AvgIpc) is 2.68. The molecule has 0 spiro atoms. The normalized spacial score (nSPS) is 16.5. The van der Waals surface area contributed by atoms with Gasteiger partial charge in [-0.05, 0) is 30.7 Å². The quantitative estimate of drug-likeness (QED) is 0.610. The van der Waals surface area contributed by atoms with Crippen LogP contribution in [0, 0.1) is 15.9 Å². The number of anilines is 1. The van der Waals surface area contributed by atoms with Crippen LogP contribution in [-0.4, -0.2) is 52.9 Å². The molecule has 1 fully saturated rings. The predicted octanol–water partition coefficient (Wildman–Crippen LogP) is 2.88. The average molecular weight is 386 g/mol. The topological polar surface area (TPSA) is 78.7 Å². The van der Waals surface area contributed by atoms with E-state index in [9.17, 15) is 19.3 Å². The van der Waals surface area contributed by atoms with Gasteiger partial charge >= 0.3 is 0 Å². The third-order valence-corrected chi connectivity index (χ3v) is 4.98. The Morgan fingerprint density at radius 1 is 1.18 bits per heavy atom. The van der Waals surface area contributed by atoms with Crippen LogP contribution in [0.4, 0.5) is 15.8 Å². The number of carbonyl (C=O) groups is 1. The van der Waals surface area contributed by atoms with Crippen molar-refractivity contribution in [2.45, 2.75) is 19.5 Å². The van der Waals surface area contributed by atoms with Crippen molar-refractivity contribution < 1.29 is 14.1 Å². The van der Waals surface area contributed by atoms with Gasteiger partial charge < -0.3 is 5.32 Å². The summed E-state index contributed by atoms with van der Waals surface area (Å²) in [5, 5.41) is 13.5. The molecule has 1 amide bonds. The second-order valence-corrected chi connectivity index (χ2v) is 6.91. The van der Waals surface area contributed by atoms with E-state index in [0.717, 1.165) is 38.3 Å². The van der Waals surface area contributed by atoms with Crippen LogP contribution < -0.4 is 5.32 Å². The molecule has 2 aromatic carbocycles. The lowest BCUT2D eigenvalue weighted by Gasteiger charge is -2.37. The first-order chi connectivity index (χ1) is 13.4. The Kier molecular flexibility index (Phi) is 6.33. The lowest BCUT2D eigenvalue weighted by Crippen LogP contribution is -2.52. The largest absolute Gasteiger partial charge is 0.325 e. The standard InChI is InChI=1S/C20H23FN4O3/c1-15(20(26)22-18-4-2-3-17(21)13-18)24-11-9-23(10-12-24)14-16-5-7-19(8-6-16)25(27)28/h2-8,13,15H,9-12,14H2,1H3,(H,22,26). The van der Waals surface area contributed by atoms with Gasteiger partial charge in [0.25, 0.3) is 5.69 Å². The first-order valence-electron chi connectivity index (χ1n) is 9.18. The number of benzene rings is 2. The van der Waals surface area contributed by atoms with Gasteiger partial charge in [0, 0.05) is 50.5 Å². The van der Waals surface area contributed by atoms with E-state index in [4.69, 9.17) is 0 Å². The van der Waals surface area contributed by atoms with Gasteiger partial charge in [-0.2, -0.15) is 0 Å². The lowest BCUT2D eigenvalue weighted by atomic mass is 10.1.